The molecule has 1 aromatic rings. The summed E-state index contributed by atoms with van der Waals surface area (Å²) in [4.78, 5) is 4.19. The molecule has 1 heterocycles. The zero-order valence-electron chi connectivity index (χ0n) is 8.91. The molecule has 0 spiro atoms. The van der Waals surface area contributed by atoms with Crippen LogP contribution in [0.3, 0.4) is 0 Å². The molecule has 0 amide bonds. The van der Waals surface area contributed by atoms with E-state index >= 15 is 0 Å². The fourth-order valence-corrected chi connectivity index (χ4v) is 2.79. The highest BCUT2D eigenvalue weighted by Crippen LogP contribution is 2.36. The fraction of sp³-hybridized carbons (Fsp3) is 0.727. The summed E-state index contributed by atoms with van der Waals surface area (Å²) in [5, 5.41) is 15.8. The van der Waals surface area contributed by atoms with Gasteiger partial charge >= 0.3 is 0 Å². The Bertz CT molecular complexity index is 281. The topological polar surface area (TPSA) is 45.1 Å². The summed E-state index contributed by atoms with van der Waals surface area (Å²) in [7, 11) is 0. The van der Waals surface area contributed by atoms with Gasteiger partial charge in [-0.1, -0.05) is 19.3 Å². The van der Waals surface area contributed by atoms with E-state index in [1.54, 1.807) is 17.5 Å². The first-order chi connectivity index (χ1) is 7.35. The van der Waals surface area contributed by atoms with E-state index < -0.39 is 0 Å². The first-order valence-corrected chi connectivity index (χ1v) is 6.47. The maximum atomic E-state index is 9.51. The van der Waals surface area contributed by atoms with Crippen molar-refractivity contribution in [1.82, 2.24) is 4.98 Å². The zero-order valence-corrected chi connectivity index (χ0v) is 9.72. The van der Waals surface area contributed by atoms with Crippen LogP contribution in [-0.2, 0) is 0 Å². The average Bonchev–Trinajstić information content (AvgIpc) is 2.81. The molecule has 1 fully saturated rings. The second-order valence-corrected chi connectivity index (χ2v) is 5.30. The Balaban J connectivity index is 1.89. The number of hydrogen-bond donors (Lipinski definition) is 2. The third-order valence-corrected chi connectivity index (χ3v) is 4.03. The average molecular weight is 226 g/mol. The molecule has 84 valence electrons. The van der Waals surface area contributed by atoms with Crippen LogP contribution in [0.1, 0.15) is 32.1 Å². The number of thiazole rings is 1. The van der Waals surface area contributed by atoms with Gasteiger partial charge < -0.3 is 10.4 Å². The maximum Gasteiger partial charge on any atom is 0.182 e. The monoisotopic (exact) mass is 226 g/mol. The number of rotatable bonds is 4. The van der Waals surface area contributed by atoms with Crippen molar-refractivity contribution in [3.8, 4) is 0 Å². The Morgan fingerprint density at radius 1 is 1.40 bits per heavy atom. The van der Waals surface area contributed by atoms with E-state index in [1.165, 1.54) is 19.3 Å². The van der Waals surface area contributed by atoms with Crippen LogP contribution in [0.25, 0.3) is 0 Å². The lowest BCUT2D eigenvalue weighted by Crippen LogP contribution is -2.35. The van der Waals surface area contributed by atoms with Crippen molar-refractivity contribution >= 4 is 16.5 Å². The highest BCUT2D eigenvalue weighted by Gasteiger charge is 2.31. The Hall–Kier alpha value is -0.610. The van der Waals surface area contributed by atoms with Crippen molar-refractivity contribution < 1.29 is 5.11 Å². The van der Waals surface area contributed by atoms with Gasteiger partial charge in [0, 0.05) is 23.5 Å². The van der Waals surface area contributed by atoms with E-state index in [1.807, 2.05) is 5.38 Å². The van der Waals surface area contributed by atoms with Gasteiger partial charge in [-0.25, -0.2) is 4.98 Å². The summed E-state index contributed by atoms with van der Waals surface area (Å²) in [5.74, 6) is 0. The predicted molar refractivity (Wildman–Crippen MR) is 63.2 cm³/mol. The smallest absolute Gasteiger partial charge is 0.182 e. The number of hydrogen-bond acceptors (Lipinski definition) is 4. The van der Waals surface area contributed by atoms with Gasteiger partial charge in [-0.05, 0) is 12.8 Å². The van der Waals surface area contributed by atoms with Crippen LogP contribution in [0.15, 0.2) is 11.6 Å². The molecule has 2 rings (SSSR count). The molecule has 0 saturated heterocycles. The third kappa shape index (κ3) is 2.69. The second kappa shape index (κ2) is 4.94. The van der Waals surface area contributed by atoms with Gasteiger partial charge in [0.1, 0.15) is 0 Å². The zero-order chi connectivity index (χ0) is 10.6. The van der Waals surface area contributed by atoms with Gasteiger partial charge in [0.05, 0.1) is 6.61 Å². The largest absolute Gasteiger partial charge is 0.396 e. The molecule has 0 unspecified atom stereocenters. The molecule has 0 radical (unpaired) electrons. The van der Waals surface area contributed by atoms with Crippen LogP contribution >= 0.6 is 11.3 Å². The molecule has 1 aliphatic carbocycles. The van der Waals surface area contributed by atoms with Crippen LogP contribution in [0.5, 0.6) is 0 Å². The minimum Gasteiger partial charge on any atom is -0.396 e. The highest BCUT2D eigenvalue weighted by molar-refractivity contribution is 7.13. The van der Waals surface area contributed by atoms with Crippen LogP contribution in [0, 0.1) is 5.41 Å². The van der Waals surface area contributed by atoms with Crippen molar-refractivity contribution in [2.24, 2.45) is 5.41 Å². The lowest BCUT2D eigenvalue weighted by molar-refractivity contribution is 0.0944. The third-order valence-electron chi connectivity index (χ3n) is 3.30. The van der Waals surface area contributed by atoms with Gasteiger partial charge in [0.15, 0.2) is 5.13 Å². The molecule has 4 heteroatoms. The van der Waals surface area contributed by atoms with Gasteiger partial charge in [0.25, 0.3) is 0 Å². The van der Waals surface area contributed by atoms with Crippen molar-refractivity contribution in [2.45, 2.75) is 32.1 Å². The minimum absolute atomic E-state index is 0.101. The molecule has 0 bridgehead atoms. The van der Waals surface area contributed by atoms with Gasteiger partial charge in [-0.15, -0.1) is 11.3 Å². The molecule has 15 heavy (non-hydrogen) atoms. The Kier molecular flexibility index (Phi) is 3.59. The molecule has 3 nitrogen and oxygen atoms in total. The summed E-state index contributed by atoms with van der Waals surface area (Å²) in [5.41, 5.74) is 0.101. The molecule has 0 aromatic carbocycles. The van der Waals surface area contributed by atoms with Gasteiger partial charge in [-0.2, -0.15) is 0 Å². The minimum atomic E-state index is 0.101. The SMILES string of the molecule is OCC1(CNc2nccs2)CCCCC1. The number of aliphatic hydroxyl groups is 1. The highest BCUT2D eigenvalue weighted by atomic mass is 32.1. The lowest BCUT2D eigenvalue weighted by atomic mass is 9.74. The second-order valence-electron chi connectivity index (χ2n) is 4.41. The predicted octanol–water partition coefficient (Wildman–Crippen LogP) is 2.50. The number of aromatic nitrogens is 1. The maximum absolute atomic E-state index is 9.51. The van der Waals surface area contributed by atoms with Crippen LogP contribution in [0.4, 0.5) is 5.13 Å². The molecular formula is C11H18N2OS. The Morgan fingerprint density at radius 3 is 2.80 bits per heavy atom. The molecule has 1 aliphatic rings. The van der Waals surface area contributed by atoms with Crippen LogP contribution < -0.4 is 5.32 Å². The number of nitrogens with one attached hydrogen (secondary N) is 1. The molecule has 1 aromatic heterocycles. The molecular weight excluding hydrogens is 208 g/mol. The number of nitrogens with zero attached hydrogens (tertiary/aromatic N) is 1. The summed E-state index contributed by atoms with van der Waals surface area (Å²) < 4.78 is 0. The van der Waals surface area contributed by atoms with E-state index in [0.29, 0.717) is 6.61 Å². The Morgan fingerprint density at radius 2 is 2.20 bits per heavy atom. The summed E-state index contributed by atoms with van der Waals surface area (Å²) in [6.07, 6.45) is 7.91. The normalized spacial score (nSPS) is 20.1. The molecule has 0 atom stereocenters. The van der Waals surface area contributed by atoms with E-state index in [2.05, 4.69) is 10.3 Å². The summed E-state index contributed by atoms with van der Waals surface area (Å²) in [6, 6.07) is 0. The fourth-order valence-electron chi connectivity index (χ4n) is 2.27. The molecule has 2 N–H and O–H groups in total. The summed E-state index contributed by atoms with van der Waals surface area (Å²) >= 11 is 1.62. The molecule has 0 aliphatic heterocycles. The van der Waals surface area contributed by atoms with Crippen molar-refractivity contribution in [2.75, 3.05) is 18.5 Å². The summed E-state index contributed by atoms with van der Waals surface area (Å²) in [6.45, 7) is 1.16. The molecule has 1 saturated carbocycles. The van der Waals surface area contributed by atoms with E-state index in [-0.39, 0.29) is 5.41 Å². The van der Waals surface area contributed by atoms with Crippen molar-refractivity contribution in [1.29, 1.82) is 0 Å². The standard InChI is InChI=1S/C11H18N2OS/c14-9-11(4-2-1-3-5-11)8-13-10-12-6-7-15-10/h6-7,14H,1-5,8-9H2,(H,12,13). The number of aliphatic hydroxyl groups excluding tert-OH is 1. The first kappa shape index (κ1) is 10.9. The first-order valence-electron chi connectivity index (χ1n) is 5.59. The van der Waals surface area contributed by atoms with Gasteiger partial charge in [0.2, 0.25) is 0 Å². The van der Waals surface area contributed by atoms with Crippen molar-refractivity contribution in [3.05, 3.63) is 11.6 Å². The lowest BCUT2D eigenvalue weighted by Gasteiger charge is -2.35. The van der Waals surface area contributed by atoms with Gasteiger partial charge in [-0.3, -0.25) is 0 Å². The van der Waals surface area contributed by atoms with E-state index in [0.717, 1.165) is 24.5 Å². The van der Waals surface area contributed by atoms with E-state index in [9.17, 15) is 5.11 Å². The van der Waals surface area contributed by atoms with Crippen LogP contribution in [0.2, 0.25) is 0 Å². The number of anilines is 1. The quantitative estimate of drug-likeness (QED) is 0.829. The Labute approximate surface area is 94.5 Å². The van der Waals surface area contributed by atoms with Crippen LogP contribution in [-0.4, -0.2) is 23.2 Å². The van der Waals surface area contributed by atoms with E-state index in [4.69, 9.17) is 0 Å². The van der Waals surface area contributed by atoms with Crippen molar-refractivity contribution in [3.63, 3.8) is 0 Å².